The first-order valence-corrected chi connectivity index (χ1v) is 6.40. The topological polar surface area (TPSA) is 48.4 Å². The maximum Gasteiger partial charge on any atom is 0.196 e. The van der Waals surface area contributed by atoms with Gasteiger partial charge in [0.2, 0.25) is 0 Å². The van der Waals surface area contributed by atoms with E-state index in [-0.39, 0.29) is 5.78 Å². The van der Waals surface area contributed by atoms with E-state index in [1.165, 1.54) is 0 Å². The Kier molecular flexibility index (Phi) is 4.85. The molecule has 0 atom stereocenters. The molecule has 0 aliphatic carbocycles. The maximum absolute atomic E-state index is 12.5. The zero-order valence-corrected chi connectivity index (χ0v) is 11.6. The number of rotatable bonds is 6. The molecule has 0 radical (unpaired) electrons. The standard InChI is InChI=1S/C16H17NO3/c1-12-11-13(7-8-17-12)16(18)14-5-3-4-6-15(14)20-10-9-19-2/h3-8,11H,9-10H2,1-2H3. The van der Waals surface area contributed by atoms with Crippen LogP contribution in [-0.4, -0.2) is 31.1 Å². The van der Waals surface area contributed by atoms with Gasteiger partial charge in [-0.3, -0.25) is 9.78 Å². The first kappa shape index (κ1) is 14.2. The quantitative estimate of drug-likeness (QED) is 0.598. The minimum absolute atomic E-state index is 0.0662. The van der Waals surface area contributed by atoms with E-state index in [0.29, 0.717) is 30.1 Å². The minimum Gasteiger partial charge on any atom is -0.490 e. The Balaban J connectivity index is 2.25. The first-order valence-electron chi connectivity index (χ1n) is 6.40. The lowest BCUT2D eigenvalue weighted by molar-refractivity contribution is 0.103. The molecule has 20 heavy (non-hydrogen) atoms. The molecule has 0 fully saturated rings. The van der Waals surface area contributed by atoms with Crippen molar-refractivity contribution in [2.75, 3.05) is 20.3 Å². The average Bonchev–Trinajstić information content (AvgIpc) is 2.47. The molecular formula is C16H17NO3. The van der Waals surface area contributed by atoms with Crippen molar-refractivity contribution in [1.82, 2.24) is 4.98 Å². The molecular weight excluding hydrogens is 254 g/mol. The van der Waals surface area contributed by atoms with Gasteiger partial charge in [0.15, 0.2) is 5.78 Å². The summed E-state index contributed by atoms with van der Waals surface area (Å²) in [5, 5.41) is 0. The van der Waals surface area contributed by atoms with E-state index in [1.54, 1.807) is 37.6 Å². The van der Waals surface area contributed by atoms with Crippen LogP contribution in [0.4, 0.5) is 0 Å². The van der Waals surface area contributed by atoms with Gasteiger partial charge >= 0.3 is 0 Å². The Morgan fingerprint density at radius 3 is 2.75 bits per heavy atom. The number of carbonyl (C=O) groups is 1. The summed E-state index contributed by atoms with van der Waals surface area (Å²) in [5.41, 5.74) is 1.98. The van der Waals surface area contributed by atoms with Crippen LogP contribution in [0.5, 0.6) is 5.75 Å². The smallest absolute Gasteiger partial charge is 0.196 e. The molecule has 0 bridgehead atoms. The van der Waals surface area contributed by atoms with E-state index in [1.807, 2.05) is 19.1 Å². The molecule has 1 aromatic carbocycles. The van der Waals surface area contributed by atoms with Gasteiger partial charge in [-0.2, -0.15) is 0 Å². The highest BCUT2D eigenvalue weighted by atomic mass is 16.5. The zero-order valence-electron chi connectivity index (χ0n) is 11.6. The number of methoxy groups -OCH3 is 1. The van der Waals surface area contributed by atoms with Crippen molar-refractivity contribution in [2.24, 2.45) is 0 Å². The van der Waals surface area contributed by atoms with Crippen molar-refractivity contribution in [3.63, 3.8) is 0 Å². The van der Waals surface area contributed by atoms with Crippen LogP contribution < -0.4 is 4.74 Å². The fraction of sp³-hybridized carbons (Fsp3) is 0.250. The molecule has 104 valence electrons. The van der Waals surface area contributed by atoms with Crippen molar-refractivity contribution in [1.29, 1.82) is 0 Å². The molecule has 0 saturated carbocycles. The Morgan fingerprint density at radius 2 is 2.00 bits per heavy atom. The van der Waals surface area contributed by atoms with Crippen LogP contribution in [0, 0.1) is 6.92 Å². The summed E-state index contributed by atoms with van der Waals surface area (Å²) in [4.78, 5) is 16.6. The van der Waals surface area contributed by atoms with Crippen LogP contribution in [0.2, 0.25) is 0 Å². The summed E-state index contributed by atoms with van der Waals surface area (Å²) in [6, 6.07) is 10.7. The Hall–Kier alpha value is -2.20. The summed E-state index contributed by atoms with van der Waals surface area (Å²) < 4.78 is 10.5. The number of nitrogens with zero attached hydrogens (tertiary/aromatic N) is 1. The second-order valence-corrected chi connectivity index (χ2v) is 4.35. The van der Waals surface area contributed by atoms with Gasteiger partial charge < -0.3 is 9.47 Å². The van der Waals surface area contributed by atoms with E-state index in [4.69, 9.17) is 9.47 Å². The highest BCUT2D eigenvalue weighted by Gasteiger charge is 2.14. The molecule has 0 saturated heterocycles. The molecule has 0 amide bonds. The minimum atomic E-state index is -0.0662. The van der Waals surface area contributed by atoms with E-state index < -0.39 is 0 Å². The number of hydrogen-bond donors (Lipinski definition) is 0. The van der Waals surface area contributed by atoms with Crippen LogP contribution in [0.1, 0.15) is 21.6 Å². The van der Waals surface area contributed by atoms with Crippen LogP contribution in [0.25, 0.3) is 0 Å². The number of aromatic nitrogens is 1. The number of carbonyl (C=O) groups excluding carboxylic acids is 1. The highest BCUT2D eigenvalue weighted by Crippen LogP contribution is 2.21. The number of ketones is 1. The van der Waals surface area contributed by atoms with Gasteiger partial charge in [-0.1, -0.05) is 12.1 Å². The lowest BCUT2D eigenvalue weighted by Gasteiger charge is -2.10. The van der Waals surface area contributed by atoms with Gasteiger partial charge in [-0.25, -0.2) is 0 Å². The summed E-state index contributed by atoms with van der Waals surface area (Å²) in [5.74, 6) is 0.507. The van der Waals surface area contributed by atoms with Crippen molar-refractivity contribution < 1.29 is 14.3 Å². The van der Waals surface area contributed by atoms with Crippen molar-refractivity contribution in [2.45, 2.75) is 6.92 Å². The third-order valence-electron chi connectivity index (χ3n) is 2.84. The van der Waals surface area contributed by atoms with Crippen molar-refractivity contribution in [3.05, 3.63) is 59.4 Å². The molecule has 1 aromatic heterocycles. The second-order valence-electron chi connectivity index (χ2n) is 4.35. The van der Waals surface area contributed by atoms with Gasteiger partial charge in [0.1, 0.15) is 12.4 Å². The van der Waals surface area contributed by atoms with Crippen LogP contribution >= 0.6 is 0 Å². The Morgan fingerprint density at radius 1 is 1.20 bits per heavy atom. The fourth-order valence-corrected chi connectivity index (χ4v) is 1.86. The molecule has 0 aliphatic heterocycles. The monoisotopic (exact) mass is 271 g/mol. The van der Waals surface area contributed by atoms with Crippen molar-refractivity contribution >= 4 is 5.78 Å². The van der Waals surface area contributed by atoms with E-state index in [0.717, 1.165) is 5.69 Å². The number of benzene rings is 1. The summed E-state index contributed by atoms with van der Waals surface area (Å²) in [7, 11) is 1.61. The lowest BCUT2D eigenvalue weighted by Crippen LogP contribution is -2.09. The molecule has 0 N–H and O–H groups in total. The molecule has 2 rings (SSSR count). The fourth-order valence-electron chi connectivity index (χ4n) is 1.86. The Labute approximate surface area is 118 Å². The van der Waals surface area contributed by atoms with Crippen LogP contribution in [0.3, 0.4) is 0 Å². The lowest BCUT2D eigenvalue weighted by atomic mass is 10.0. The second kappa shape index (κ2) is 6.82. The molecule has 0 spiro atoms. The average molecular weight is 271 g/mol. The van der Waals surface area contributed by atoms with Gasteiger partial charge in [0.05, 0.1) is 12.2 Å². The molecule has 4 heteroatoms. The third-order valence-corrected chi connectivity index (χ3v) is 2.84. The predicted octanol–water partition coefficient (Wildman–Crippen LogP) is 2.65. The zero-order chi connectivity index (χ0) is 14.4. The number of hydrogen-bond acceptors (Lipinski definition) is 4. The number of para-hydroxylation sites is 1. The first-order chi connectivity index (χ1) is 9.72. The van der Waals surface area contributed by atoms with E-state index >= 15 is 0 Å². The van der Waals surface area contributed by atoms with Crippen molar-refractivity contribution in [3.8, 4) is 5.75 Å². The normalized spacial score (nSPS) is 10.3. The summed E-state index contributed by atoms with van der Waals surface area (Å²) in [6.07, 6.45) is 1.64. The highest BCUT2D eigenvalue weighted by molar-refractivity contribution is 6.10. The largest absolute Gasteiger partial charge is 0.490 e. The number of ether oxygens (including phenoxy) is 2. The molecule has 0 unspecified atom stereocenters. The van der Waals surface area contributed by atoms with E-state index in [9.17, 15) is 4.79 Å². The molecule has 4 nitrogen and oxygen atoms in total. The van der Waals surface area contributed by atoms with Gasteiger partial charge in [0.25, 0.3) is 0 Å². The van der Waals surface area contributed by atoms with E-state index in [2.05, 4.69) is 4.98 Å². The van der Waals surface area contributed by atoms with Gasteiger partial charge in [-0.05, 0) is 31.2 Å². The van der Waals surface area contributed by atoms with Crippen LogP contribution in [-0.2, 0) is 4.74 Å². The maximum atomic E-state index is 12.5. The number of aryl methyl sites for hydroxylation is 1. The molecule has 1 heterocycles. The summed E-state index contributed by atoms with van der Waals surface area (Å²) in [6.45, 7) is 2.75. The number of pyridine rings is 1. The Bertz CT molecular complexity index is 596. The summed E-state index contributed by atoms with van der Waals surface area (Å²) >= 11 is 0. The molecule has 2 aromatic rings. The van der Waals surface area contributed by atoms with Gasteiger partial charge in [0, 0.05) is 24.6 Å². The van der Waals surface area contributed by atoms with Crippen LogP contribution in [0.15, 0.2) is 42.6 Å². The SMILES string of the molecule is COCCOc1ccccc1C(=O)c1ccnc(C)c1. The molecule has 0 aliphatic rings. The van der Waals surface area contributed by atoms with Gasteiger partial charge in [-0.15, -0.1) is 0 Å². The third kappa shape index (κ3) is 3.42. The predicted molar refractivity (Wildman–Crippen MR) is 76.2 cm³/mol.